The van der Waals surface area contributed by atoms with Gasteiger partial charge in [-0.1, -0.05) is 25.3 Å². The van der Waals surface area contributed by atoms with E-state index in [2.05, 4.69) is 0 Å². The van der Waals surface area contributed by atoms with Crippen LogP contribution in [0.4, 0.5) is 0 Å². The van der Waals surface area contributed by atoms with E-state index in [0.29, 0.717) is 11.3 Å². The van der Waals surface area contributed by atoms with E-state index in [9.17, 15) is 9.90 Å². The molecule has 19 heavy (non-hydrogen) atoms. The number of rotatable bonds is 4. The van der Waals surface area contributed by atoms with Crippen molar-refractivity contribution >= 4 is 17.7 Å². The lowest BCUT2D eigenvalue weighted by Crippen LogP contribution is -2.33. The van der Waals surface area contributed by atoms with Gasteiger partial charge in [-0.05, 0) is 37.5 Å². The molecule has 1 saturated carbocycles. The molecule has 1 aromatic rings. The molecule has 104 valence electrons. The number of aryl methyl sites for hydroxylation is 1. The van der Waals surface area contributed by atoms with E-state index in [0.717, 1.165) is 36.1 Å². The van der Waals surface area contributed by atoms with Crippen molar-refractivity contribution in [3.05, 3.63) is 29.3 Å². The highest BCUT2D eigenvalue weighted by molar-refractivity contribution is 7.99. The molecule has 2 N–H and O–H groups in total. The van der Waals surface area contributed by atoms with E-state index in [1.54, 1.807) is 24.8 Å². The molecule has 0 aliphatic heterocycles. The first-order valence-electron chi connectivity index (χ1n) is 6.69. The summed E-state index contributed by atoms with van der Waals surface area (Å²) in [6.45, 7) is 1.80. The molecule has 0 aromatic heterocycles. The molecule has 2 rings (SSSR count). The van der Waals surface area contributed by atoms with Crippen molar-refractivity contribution in [3.63, 3.8) is 0 Å². The maximum Gasteiger partial charge on any atom is 0.335 e. The topological polar surface area (TPSA) is 57.5 Å². The van der Waals surface area contributed by atoms with Gasteiger partial charge in [0.05, 0.1) is 11.2 Å². The molecule has 0 bridgehead atoms. The molecule has 0 unspecified atom stereocenters. The van der Waals surface area contributed by atoms with Crippen molar-refractivity contribution in [3.8, 4) is 0 Å². The summed E-state index contributed by atoms with van der Waals surface area (Å²) in [5.41, 5.74) is 0.547. The number of benzene rings is 1. The van der Waals surface area contributed by atoms with E-state index in [4.69, 9.17) is 5.11 Å². The van der Waals surface area contributed by atoms with Crippen molar-refractivity contribution in [2.45, 2.75) is 49.5 Å². The van der Waals surface area contributed by atoms with Crippen LogP contribution in [0, 0.1) is 6.92 Å². The van der Waals surface area contributed by atoms with Gasteiger partial charge in [0.15, 0.2) is 0 Å². The average Bonchev–Trinajstić information content (AvgIpc) is 2.38. The van der Waals surface area contributed by atoms with E-state index in [-0.39, 0.29) is 0 Å². The fourth-order valence-electron chi connectivity index (χ4n) is 2.49. The van der Waals surface area contributed by atoms with Gasteiger partial charge in [-0.25, -0.2) is 4.79 Å². The van der Waals surface area contributed by atoms with Gasteiger partial charge in [-0.15, -0.1) is 11.8 Å². The van der Waals surface area contributed by atoms with Crippen molar-refractivity contribution < 1.29 is 15.0 Å². The Morgan fingerprint density at radius 1 is 1.32 bits per heavy atom. The largest absolute Gasteiger partial charge is 0.478 e. The molecule has 0 saturated heterocycles. The molecule has 1 aromatic carbocycles. The lowest BCUT2D eigenvalue weighted by Gasteiger charge is -2.31. The van der Waals surface area contributed by atoms with Crippen LogP contribution in [-0.4, -0.2) is 27.5 Å². The Bertz CT molecular complexity index is 464. The number of carbonyl (C=O) groups is 1. The van der Waals surface area contributed by atoms with Crippen LogP contribution in [0.25, 0.3) is 0 Å². The quantitative estimate of drug-likeness (QED) is 0.829. The van der Waals surface area contributed by atoms with E-state index in [1.807, 2.05) is 12.1 Å². The molecule has 1 fully saturated rings. The summed E-state index contributed by atoms with van der Waals surface area (Å²) in [5, 5.41) is 19.5. The maximum atomic E-state index is 11.1. The molecule has 3 nitrogen and oxygen atoms in total. The molecule has 0 spiro atoms. The van der Waals surface area contributed by atoms with Gasteiger partial charge in [-0.2, -0.15) is 0 Å². The van der Waals surface area contributed by atoms with Gasteiger partial charge in [0, 0.05) is 10.6 Å². The van der Waals surface area contributed by atoms with Crippen LogP contribution < -0.4 is 0 Å². The van der Waals surface area contributed by atoms with E-state index >= 15 is 0 Å². The summed E-state index contributed by atoms with van der Waals surface area (Å²) in [5.74, 6) is -0.244. The van der Waals surface area contributed by atoms with Crippen molar-refractivity contribution in [1.29, 1.82) is 0 Å². The Morgan fingerprint density at radius 2 is 2.00 bits per heavy atom. The zero-order valence-electron chi connectivity index (χ0n) is 11.2. The summed E-state index contributed by atoms with van der Waals surface area (Å²) in [7, 11) is 0. The third-order valence-electron chi connectivity index (χ3n) is 3.73. The predicted molar refractivity (Wildman–Crippen MR) is 76.9 cm³/mol. The lowest BCUT2D eigenvalue weighted by molar-refractivity contribution is 0.0273. The average molecular weight is 280 g/mol. The second-order valence-electron chi connectivity index (χ2n) is 5.36. The molecule has 0 amide bonds. The maximum absolute atomic E-state index is 11.1. The molecular formula is C15H20O3S. The van der Waals surface area contributed by atoms with Gasteiger partial charge in [-0.3, -0.25) is 0 Å². The van der Waals surface area contributed by atoms with Gasteiger partial charge in [0.1, 0.15) is 0 Å². The second-order valence-corrected chi connectivity index (χ2v) is 6.40. The molecule has 1 aliphatic carbocycles. The van der Waals surface area contributed by atoms with Crippen LogP contribution in [-0.2, 0) is 0 Å². The highest BCUT2D eigenvalue weighted by Gasteiger charge is 2.29. The van der Waals surface area contributed by atoms with Crippen molar-refractivity contribution in [2.75, 3.05) is 5.75 Å². The van der Waals surface area contributed by atoms with E-state index < -0.39 is 11.6 Å². The molecule has 1 aliphatic rings. The Morgan fingerprint density at radius 3 is 2.63 bits per heavy atom. The van der Waals surface area contributed by atoms with Crippen molar-refractivity contribution in [2.24, 2.45) is 0 Å². The third-order valence-corrected chi connectivity index (χ3v) is 5.00. The fourth-order valence-corrected chi connectivity index (χ4v) is 3.58. The summed E-state index contributed by atoms with van der Waals surface area (Å²) < 4.78 is 0. The zero-order valence-corrected chi connectivity index (χ0v) is 12.0. The van der Waals surface area contributed by atoms with Crippen LogP contribution in [0.5, 0.6) is 0 Å². The van der Waals surface area contributed by atoms with Gasteiger partial charge in [0.2, 0.25) is 0 Å². The number of aromatic carboxylic acids is 1. The highest BCUT2D eigenvalue weighted by atomic mass is 32.2. The first kappa shape index (κ1) is 14.4. The summed E-state index contributed by atoms with van der Waals surface area (Å²) in [6.07, 6.45) is 5.10. The number of hydrogen-bond acceptors (Lipinski definition) is 3. The van der Waals surface area contributed by atoms with Crippen LogP contribution in [0.2, 0.25) is 0 Å². The van der Waals surface area contributed by atoms with Crippen molar-refractivity contribution in [1.82, 2.24) is 0 Å². The summed E-state index contributed by atoms with van der Waals surface area (Å²) >= 11 is 1.55. The number of thioether (sulfide) groups is 1. The molecule has 0 radical (unpaired) electrons. The minimum atomic E-state index is -0.892. The van der Waals surface area contributed by atoms with Gasteiger partial charge >= 0.3 is 5.97 Å². The second kappa shape index (κ2) is 5.97. The molecular weight excluding hydrogens is 260 g/mol. The monoisotopic (exact) mass is 280 g/mol. The standard InChI is InChI=1S/C15H20O3S/c1-11-5-6-12(9-13(11)14(16)17)19-10-15(18)7-3-2-4-8-15/h5-6,9,18H,2-4,7-8,10H2,1H3,(H,16,17). The number of aliphatic hydroxyl groups is 1. The van der Waals surface area contributed by atoms with Gasteiger partial charge in [0.25, 0.3) is 0 Å². The number of hydrogen-bond donors (Lipinski definition) is 2. The fraction of sp³-hybridized carbons (Fsp3) is 0.533. The van der Waals surface area contributed by atoms with Crippen LogP contribution in [0.15, 0.2) is 23.1 Å². The van der Waals surface area contributed by atoms with Crippen LogP contribution >= 0.6 is 11.8 Å². The Balaban J connectivity index is 2.03. The summed E-state index contributed by atoms with van der Waals surface area (Å²) in [4.78, 5) is 12.0. The first-order valence-corrected chi connectivity index (χ1v) is 7.68. The lowest BCUT2D eigenvalue weighted by atomic mass is 9.86. The normalized spacial score (nSPS) is 18.2. The molecule has 0 atom stereocenters. The number of carboxylic acids is 1. The van der Waals surface area contributed by atoms with Gasteiger partial charge < -0.3 is 10.2 Å². The van der Waals surface area contributed by atoms with Crippen LogP contribution in [0.3, 0.4) is 0 Å². The third kappa shape index (κ3) is 3.74. The minimum absolute atomic E-state index is 0.348. The smallest absolute Gasteiger partial charge is 0.335 e. The van der Waals surface area contributed by atoms with Crippen LogP contribution in [0.1, 0.15) is 48.0 Å². The minimum Gasteiger partial charge on any atom is -0.478 e. The number of carboxylic acid groups (broad SMARTS) is 1. The summed E-state index contributed by atoms with van der Waals surface area (Å²) in [6, 6.07) is 5.46. The molecule has 4 heteroatoms. The zero-order chi connectivity index (χ0) is 13.9. The Labute approximate surface area is 118 Å². The van der Waals surface area contributed by atoms with E-state index in [1.165, 1.54) is 6.42 Å². The molecule has 0 heterocycles. The predicted octanol–water partition coefficient (Wildman–Crippen LogP) is 3.48. The Kier molecular flexibility index (Phi) is 4.53. The Hall–Kier alpha value is -1.00. The highest BCUT2D eigenvalue weighted by Crippen LogP contribution is 2.33. The first-order chi connectivity index (χ1) is 9.00. The SMILES string of the molecule is Cc1ccc(SCC2(O)CCCCC2)cc1C(=O)O.